The third-order valence-electron chi connectivity index (χ3n) is 6.66. The lowest BCUT2D eigenvalue weighted by Gasteiger charge is -2.33. The average Bonchev–Trinajstić information content (AvgIpc) is 3.42. The highest BCUT2D eigenvalue weighted by atomic mass is 35.5. The fraction of sp³-hybridized carbons (Fsp3) is 0.290. The zero-order valence-corrected chi connectivity index (χ0v) is 24.4. The summed E-state index contributed by atoms with van der Waals surface area (Å²) in [5.41, 5.74) is 2.57. The number of anilines is 1. The maximum absolute atomic E-state index is 13.8. The minimum absolute atomic E-state index is 0.0493. The first-order chi connectivity index (χ1) is 19.7. The lowest BCUT2D eigenvalue weighted by molar-refractivity contribution is -0.142. The molecule has 7 nitrogen and oxygen atoms in total. The molecule has 1 heterocycles. The van der Waals surface area contributed by atoms with Gasteiger partial charge in [0, 0.05) is 36.3 Å². The molecule has 0 bridgehead atoms. The smallest absolute Gasteiger partial charge is 0.227 e. The number of aliphatic hydroxyl groups excluding tert-OH is 1. The van der Waals surface area contributed by atoms with Gasteiger partial charge in [-0.05, 0) is 61.9 Å². The second-order valence-corrected chi connectivity index (χ2v) is 10.7. The summed E-state index contributed by atoms with van der Waals surface area (Å²) in [6.45, 7) is 5.56. The van der Waals surface area contributed by atoms with Gasteiger partial charge in [0.05, 0.1) is 16.6 Å². The van der Waals surface area contributed by atoms with Crippen LogP contribution in [0.5, 0.6) is 0 Å². The predicted octanol–water partition coefficient (Wildman–Crippen LogP) is 7.19. The maximum Gasteiger partial charge on any atom is 0.227 e. The molecule has 1 amide bonds. The third kappa shape index (κ3) is 8.53. The van der Waals surface area contributed by atoms with Crippen molar-refractivity contribution in [1.82, 2.24) is 15.0 Å². The summed E-state index contributed by atoms with van der Waals surface area (Å²) in [7, 11) is 0. The molecule has 0 aliphatic carbocycles. The zero-order valence-electron chi connectivity index (χ0n) is 22.9. The Bertz CT molecular complexity index is 1440. The molecule has 216 valence electrons. The highest BCUT2D eigenvalue weighted by molar-refractivity contribution is 6.42. The number of nitrogens with zero attached hydrogens (tertiary/aromatic N) is 3. The van der Waals surface area contributed by atoms with Crippen LogP contribution < -0.4 is 5.32 Å². The summed E-state index contributed by atoms with van der Waals surface area (Å²) in [6.07, 6.45) is -0.378. The van der Waals surface area contributed by atoms with E-state index in [4.69, 9.17) is 27.7 Å². The number of hydrogen-bond donors (Lipinski definition) is 2. The summed E-state index contributed by atoms with van der Waals surface area (Å²) in [5, 5.41) is 18.9. The van der Waals surface area contributed by atoms with E-state index >= 15 is 0 Å². The molecule has 10 heteroatoms. The van der Waals surface area contributed by atoms with Gasteiger partial charge in [-0.15, -0.1) is 0 Å². The Kier molecular flexibility index (Phi) is 10.8. The zero-order chi connectivity index (χ0) is 29.4. The van der Waals surface area contributed by atoms with Crippen molar-refractivity contribution >= 4 is 34.8 Å². The van der Waals surface area contributed by atoms with E-state index in [9.17, 15) is 14.3 Å². The third-order valence-corrected chi connectivity index (χ3v) is 7.40. The van der Waals surface area contributed by atoms with Gasteiger partial charge in [0.25, 0.3) is 0 Å². The summed E-state index contributed by atoms with van der Waals surface area (Å²) in [5.74, 6) is -0.335. The monoisotopic (exact) mass is 598 g/mol. The van der Waals surface area contributed by atoms with Crippen molar-refractivity contribution in [2.75, 3.05) is 11.9 Å². The Balaban J connectivity index is 1.54. The average molecular weight is 600 g/mol. The van der Waals surface area contributed by atoms with Crippen molar-refractivity contribution in [3.8, 4) is 11.3 Å². The molecule has 0 aliphatic heterocycles. The molecule has 0 spiro atoms. The SMILES string of the molecule is CCCN(Cc1ccccc1)[C@@H](C)CC(=O)N(Cc1cc(-c2ccc(Cl)c(Cl)c2)on1)C(O)Nc1cccc(F)c1. The molecule has 4 rings (SSSR count). The quantitative estimate of drug-likeness (QED) is 0.158. The van der Waals surface area contributed by atoms with E-state index in [-0.39, 0.29) is 24.9 Å². The summed E-state index contributed by atoms with van der Waals surface area (Å²) >= 11 is 12.2. The first kappa shape index (κ1) is 30.5. The van der Waals surface area contributed by atoms with Gasteiger partial charge in [0.15, 0.2) is 5.76 Å². The lowest BCUT2D eigenvalue weighted by Crippen LogP contribution is -2.47. The van der Waals surface area contributed by atoms with Crippen LogP contribution in [-0.4, -0.2) is 44.9 Å². The fourth-order valence-electron chi connectivity index (χ4n) is 4.52. The molecular formula is C31H33Cl2FN4O3. The molecule has 0 radical (unpaired) electrons. The van der Waals surface area contributed by atoms with Crippen LogP contribution in [0.1, 0.15) is 37.9 Å². The van der Waals surface area contributed by atoms with Gasteiger partial charge < -0.3 is 14.9 Å². The Morgan fingerprint density at radius 2 is 1.80 bits per heavy atom. The van der Waals surface area contributed by atoms with E-state index in [2.05, 4.69) is 34.4 Å². The molecule has 0 saturated heterocycles. The number of halogens is 3. The van der Waals surface area contributed by atoms with E-state index in [0.717, 1.165) is 18.5 Å². The van der Waals surface area contributed by atoms with Gasteiger partial charge in [-0.2, -0.15) is 0 Å². The molecule has 1 unspecified atom stereocenters. The van der Waals surface area contributed by atoms with Gasteiger partial charge in [0.2, 0.25) is 12.3 Å². The Morgan fingerprint density at radius 3 is 2.51 bits per heavy atom. The second-order valence-electron chi connectivity index (χ2n) is 9.87. The largest absolute Gasteiger partial charge is 0.356 e. The van der Waals surface area contributed by atoms with E-state index in [1.54, 1.807) is 30.3 Å². The fourth-order valence-corrected chi connectivity index (χ4v) is 4.82. The predicted molar refractivity (Wildman–Crippen MR) is 160 cm³/mol. The normalized spacial score (nSPS) is 12.8. The van der Waals surface area contributed by atoms with Crippen molar-refractivity contribution in [2.24, 2.45) is 0 Å². The highest BCUT2D eigenvalue weighted by Gasteiger charge is 2.27. The van der Waals surface area contributed by atoms with Gasteiger partial charge in [-0.3, -0.25) is 14.6 Å². The van der Waals surface area contributed by atoms with Crippen LogP contribution in [0.25, 0.3) is 11.3 Å². The van der Waals surface area contributed by atoms with Crippen LogP contribution in [0, 0.1) is 5.82 Å². The standard InChI is InChI=1S/C31H33Cl2FN4O3/c1-3-14-37(19-22-8-5-4-6-9-22)21(2)15-30(39)38(31(40)35-25-11-7-10-24(34)17-25)20-26-18-29(41-36-26)23-12-13-27(32)28(33)16-23/h4-13,16-18,21,31,35,40H,3,14-15,19-20H2,1-2H3/t21-,31?/m0/s1. The Labute approximate surface area is 249 Å². The van der Waals surface area contributed by atoms with Crippen molar-refractivity contribution in [3.63, 3.8) is 0 Å². The van der Waals surface area contributed by atoms with Gasteiger partial charge in [-0.25, -0.2) is 4.39 Å². The molecule has 1 aromatic heterocycles. The van der Waals surface area contributed by atoms with Crippen LogP contribution >= 0.6 is 23.2 Å². The molecule has 3 aromatic carbocycles. The van der Waals surface area contributed by atoms with Gasteiger partial charge in [0.1, 0.15) is 11.5 Å². The summed E-state index contributed by atoms with van der Waals surface area (Å²) < 4.78 is 19.3. The van der Waals surface area contributed by atoms with Gasteiger partial charge in [-0.1, -0.05) is 71.7 Å². The number of rotatable bonds is 13. The van der Waals surface area contributed by atoms with Crippen molar-refractivity contribution in [3.05, 3.63) is 106 Å². The van der Waals surface area contributed by atoms with E-state index in [0.29, 0.717) is 39.3 Å². The van der Waals surface area contributed by atoms with Crippen LogP contribution in [-0.2, 0) is 17.9 Å². The number of amides is 1. The van der Waals surface area contributed by atoms with Gasteiger partial charge >= 0.3 is 0 Å². The number of aromatic nitrogens is 1. The minimum Gasteiger partial charge on any atom is -0.356 e. The number of carbonyl (C=O) groups is 1. The van der Waals surface area contributed by atoms with Crippen LogP contribution in [0.2, 0.25) is 10.0 Å². The number of carbonyl (C=O) groups excluding carboxylic acids is 1. The van der Waals surface area contributed by atoms with Crippen LogP contribution in [0.4, 0.5) is 10.1 Å². The van der Waals surface area contributed by atoms with Crippen molar-refractivity contribution in [1.29, 1.82) is 0 Å². The molecule has 0 saturated carbocycles. The maximum atomic E-state index is 13.8. The molecular weight excluding hydrogens is 566 g/mol. The second kappa shape index (κ2) is 14.5. The molecule has 0 aliphatic rings. The first-order valence-corrected chi connectivity index (χ1v) is 14.2. The lowest BCUT2D eigenvalue weighted by atomic mass is 10.1. The van der Waals surface area contributed by atoms with Crippen LogP contribution in [0.15, 0.2) is 83.4 Å². The van der Waals surface area contributed by atoms with E-state index in [1.165, 1.54) is 23.1 Å². The van der Waals surface area contributed by atoms with Crippen molar-refractivity contribution < 1.29 is 18.8 Å². The molecule has 4 aromatic rings. The van der Waals surface area contributed by atoms with Crippen molar-refractivity contribution in [2.45, 2.75) is 52.2 Å². The molecule has 2 N–H and O–H groups in total. The summed E-state index contributed by atoms with van der Waals surface area (Å²) in [4.78, 5) is 17.2. The number of benzene rings is 3. The number of nitrogens with one attached hydrogen (secondary N) is 1. The van der Waals surface area contributed by atoms with Crippen LogP contribution in [0.3, 0.4) is 0 Å². The molecule has 41 heavy (non-hydrogen) atoms. The first-order valence-electron chi connectivity index (χ1n) is 13.4. The summed E-state index contributed by atoms with van der Waals surface area (Å²) in [6, 6.07) is 22.4. The van der Waals surface area contributed by atoms with E-state index in [1.807, 2.05) is 25.1 Å². The Hall–Kier alpha value is -3.43. The highest BCUT2D eigenvalue weighted by Crippen LogP contribution is 2.29. The Morgan fingerprint density at radius 1 is 1.02 bits per heavy atom. The number of aliphatic hydroxyl groups is 1. The molecule has 2 atom stereocenters. The topological polar surface area (TPSA) is 81.8 Å². The number of hydrogen-bond acceptors (Lipinski definition) is 6. The minimum atomic E-state index is -1.45. The molecule has 0 fully saturated rings. The van der Waals surface area contributed by atoms with E-state index < -0.39 is 12.2 Å².